The third-order valence-electron chi connectivity index (χ3n) is 2.99. The van der Waals surface area contributed by atoms with Gasteiger partial charge in [0.25, 0.3) is 0 Å². The highest BCUT2D eigenvalue weighted by Crippen LogP contribution is 2.28. The highest BCUT2D eigenvalue weighted by molar-refractivity contribution is 6.25. The predicted octanol–water partition coefficient (Wildman–Crippen LogP) is 3.89. The Kier molecular flexibility index (Phi) is 7.09. The number of hydrogen-bond acceptors (Lipinski definition) is 4. The molecule has 0 saturated carbocycles. The Morgan fingerprint density at radius 3 is 2.85 bits per heavy atom. The first kappa shape index (κ1) is 16.5. The van der Waals surface area contributed by atoms with Crippen LogP contribution in [-0.2, 0) is 9.63 Å². The van der Waals surface area contributed by atoms with E-state index in [0.717, 1.165) is 0 Å². The van der Waals surface area contributed by atoms with Crippen LogP contribution < -0.4 is 0 Å². The predicted molar refractivity (Wildman–Crippen MR) is 80.9 cm³/mol. The second-order valence-corrected chi connectivity index (χ2v) is 4.74. The third kappa shape index (κ3) is 4.53. The van der Waals surface area contributed by atoms with Crippen molar-refractivity contribution in [2.45, 2.75) is 33.1 Å². The molecule has 0 amide bonds. The van der Waals surface area contributed by atoms with E-state index in [2.05, 4.69) is 5.16 Å². The third-order valence-corrected chi connectivity index (χ3v) is 3.17. The van der Waals surface area contributed by atoms with Crippen molar-refractivity contribution in [3.8, 4) is 0 Å². The number of halogens is 1. The topological polar surface area (TPSA) is 58.9 Å². The minimum absolute atomic E-state index is 0.0643. The van der Waals surface area contributed by atoms with E-state index in [-0.39, 0.29) is 24.1 Å². The molecule has 0 aromatic heterocycles. The van der Waals surface area contributed by atoms with Crippen molar-refractivity contribution in [3.05, 3.63) is 35.1 Å². The fourth-order valence-electron chi connectivity index (χ4n) is 2.14. The number of oxime groups is 1. The van der Waals surface area contributed by atoms with Crippen LogP contribution in [0.4, 0.5) is 0 Å². The molecule has 4 nitrogen and oxygen atoms in total. The molecule has 0 radical (unpaired) electrons. The molecule has 0 spiro atoms. The molecule has 0 bridgehead atoms. The van der Waals surface area contributed by atoms with Gasteiger partial charge in [-0.15, -0.1) is 0 Å². The molecule has 0 fully saturated rings. The van der Waals surface area contributed by atoms with Crippen molar-refractivity contribution < 1.29 is 14.7 Å². The molecule has 1 atom stereocenters. The second-order valence-electron chi connectivity index (χ2n) is 4.49. The smallest absolute Gasteiger partial charge is 0.168 e. The Morgan fingerprint density at radius 1 is 1.55 bits per heavy atom. The first-order valence-corrected chi connectivity index (χ1v) is 7.10. The van der Waals surface area contributed by atoms with Gasteiger partial charge in [0, 0.05) is 18.4 Å². The zero-order valence-electron chi connectivity index (χ0n) is 11.8. The van der Waals surface area contributed by atoms with Crippen molar-refractivity contribution >= 4 is 23.1 Å². The van der Waals surface area contributed by atoms with Crippen molar-refractivity contribution in [2.75, 3.05) is 6.61 Å². The van der Waals surface area contributed by atoms with Gasteiger partial charge >= 0.3 is 0 Å². The summed E-state index contributed by atoms with van der Waals surface area (Å²) in [5.74, 6) is 0.0739. The number of carbonyl (C=O) groups excluding carboxylic acids is 1. The van der Waals surface area contributed by atoms with Gasteiger partial charge in [-0.3, -0.25) is 4.79 Å². The first-order chi connectivity index (χ1) is 9.63. The summed E-state index contributed by atoms with van der Waals surface area (Å²) in [7, 11) is 0. The van der Waals surface area contributed by atoms with Gasteiger partial charge in [-0.05, 0) is 25.3 Å². The van der Waals surface area contributed by atoms with Crippen LogP contribution in [-0.4, -0.2) is 23.2 Å². The van der Waals surface area contributed by atoms with Gasteiger partial charge in [0.15, 0.2) is 5.78 Å². The van der Waals surface area contributed by atoms with E-state index in [4.69, 9.17) is 16.4 Å². The largest absolute Gasteiger partial charge is 0.511 e. The zero-order chi connectivity index (χ0) is 15.0. The molecule has 1 aliphatic rings. The number of aliphatic hydroxyl groups excluding tert-OH is 1. The summed E-state index contributed by atoms with van der Waals surface area (Å²) in [6.45, 7) is 4.00. The van der Waals surface area contributed by atoms with Crippen LogP contribution >= 0.6 is 11.6 Å². The lowest BCUT2D eigenvalue weighted by atomic mass is 9.84. The number of aliphatic hydroxyl groups is 1. The number of rotatable bonds is 6. The van der Waals surface area contributed by atoms with Crippen LogP contribution in [0.2, 0.25) is 0 Å². The summed E-state index contributed by atoms with van der Waals surface area (Å²) >= 11 is 5.37. The number of nitrogens with zero attached hydrogens (tertiary/aromatic N) is 1. The fourth-order valence-corrected chi connectivity index (χ4v) is 2.21. The standard InChI is InChI=1S/C15H20ClNO3/c1-3-6-11-9-13(18)15(14(19)10-11)12(4-2)17-20-8-5-7-16/h3,5-7,11,18H,4,8-10H2,1-2H3/b6-3+,7-5+,17-12-/t11-/m1/s1. The molecule has 1 N–H and O–H groups in total. The summed E-state index contributed by atoms with van der Waals surface area (Å²) in [6.07, 6.45) is 6.81. The van der Waals surface area contributed by atoms with Crippen LogP contribution in [0.3, 0.4) is 0 Å². The average Bonchev–Trinajstić information content (AvgIpc) is 2.41. The molecule has 0 aromatic rings. The number of carbonyl (C=O) groups is 1. The quantitative estimate of drug-likeness (QED) is 0.350. The van der Waals surface area contributed by atoms with E-state index in [1.54, 1.807) is 6.08 Å². The van der Waals surface area contributed by atoms with Gasteiger partial charge in [-0.2, -0.15) is 0 Å². The zero-order valence-corrected chi connectivity index (χ0v) is 12.6. The molecule has 0 aromatic carbocycles. The van der Waals surface area contributed by atoms with E-state index < -0.39 is 0 Å². The number of hydrogen-bond donors (Lipinski definition) is 1. The highest BCUT2D eigenvalue weighted by Gasteiger charge is 2.29. The Morgan fingerprint density at radius 2 is 2.30 bits per heavy atom. The summed E-state index contributed by atoms with van der Waals surface area (Å²) < 4.78 is 0. The molecule has 110 valence electrons. The van der Waals surface area contributed by atoms with Crippen LogP contribution in [0.15, 0.2) is 40.3 Å². The molecule has 0 heterocycles. The van der Waals surface area contributed by atoms with Crippen LogP contribution in [0.25, 0.3) is 0 Å². The first-order valence-electron chi connectivity index (χ1n) is 6.66. The molecule has 0 saturated heterocycles. The van der Waals surface area contributed by atoms with Gasteiger partial charge in [0.2, 0.25) is 0 Å². The van der Waals surface area contributed by atoms with E-state index in [1.807, 2.05) is 26.0 Å². The van der Waals surface area contributed by atoms with Crippen molar-refractivity contribution in [2.24, 2.45) is 11.1 Å². The molecule has 20 heavy (non-hydrogen) atoms. The maximum Gasteiger partial charge on any atom is 0.168 e. The van der Waals surface area contributed by atoms with Gasteiger partial charge in [-0.1, -0.05) is 35.8 Å². The molecule has 1 rings (SSSR count). The maximum atomic E-state index is 12.2. The Balaban J connectivity index is 2.90. The number of Topliss-reactive ketones (excluding diaryl/α,β-unsaturated/α-hetero) is 1. The lowest BCUT2D eigenvalue weighted by Gasteiger charge is -2.21. The average molecular weight is 298 g/mol. The summed E-state index contributed by atoms with van der Waals surface area (Å²) in [5, 5.41) is 14.0. The Bertz CT molecular complexity index is 464. The van der Waals surface area contributed by atoms with Gasteiger partial charge in [-0.25, -0.2) is 0 Å². The van der Waals surface area contributed by atoms with Crippen molar-refractivity contribution in [1.82, 2.24) is 0 Å². The van der Waals surface area contributed by atoms with E-state index in [0.29, 0.717) is 30.5 Å². The van der Waals surface area contributed by atoms with Gasteiger partial charge in [0.1, 0.15) is 12.4 Å². The van der Waals surface area contributed by atoms with Crippen molar-refractivity contribution in [3.63, 3.8) is 0 Å². The maximum absolute atomic E-state index is 12.2. The van der Waals surface area contributed by atoms with Crippen LogP contribution in [0.1, 0.15) is 33.1 Å². The fraction of sp³-hybridized carbons (Fsp3) is 0.467. The summed E-state index contributed by atoms with van der Waals surface area (Å²) in [5.41, 5.74) is 2.13. The van der Waals surface area contributed by atoms with Gasteiger partial charge in [0.05, 0.1) is 11.3 Å². The number of ketones is 1. The van der Waals surface area contributed by atoms with Crippen molar-refractivity contribution in [1.29, 1.82) is 0 Å². The molecule has 0 unspecified atom stereocenters. The van der Waals surface area contributed by atoms with Gasteiger partial charge < -0.3 is 9.94 Å². The summed E-state index contributed by atoms with van der Waals surface area (Å²) in [6, 6.07) is 0. The SMILES string of the molecule is C/C=C/[C@H]1CC(=O)C(/C(CC)=N\OC/C=C/Cl)=C(O)C1. The summed E-state index contributed by atoms with van der Waals surface area (Å²) in [4.78, 5) is 17.2. The molecule has 1 aliphatic carbocycles. The Labute approximate surface area is 124 Å². The highest BCUT2D eigenvalue weighted by atomic mass is 35.5. The molecule has 0 aliphatic heterocycles. The normalized spacial score (nSPS) is 21.2. The molecular weight excluding hydrogens is 278 g/mol. The van der Waals surface area contributed by atoms with Crippen LogP contribution in [0.5, 0.6) is 0 Å². The minimum Gasteiger partial charge on any atom is -0.511 e. The van der Waals surface area contributed by atoms with E-state index >= 15 is 0 Å². The lowest BCUT2D eigenvalue weighted by Crippen LogP contribution is -2.23. The monoisotopic (exact) mass is 297 g/mol. The number of allylic oxidation sites excluding steroid dienone is 4. The molecular formula is C15H20ClNO3. The minimum atomic E-state index is -0.0889. The van der Waals surface area contributed by atoms with Crippen LogP contribution in [0, 0.1) is 5.92 Å². The molecule has 5 heteroatoms. The van der Waals surface area contributed by atoms with E-state index in [1.165, 1.54) is 5.54 Å². The second kappa shape index (κ2) is 8.59. The lowest BCUT2D eigenvalue weighted by molar-refractivity contribution is -0.116. The van der Waals surface area contributed by atoms with E-state index in [9.17, 15) is 9.90 Å². The Hall–Kier alpha value is -1.55.